The summed E-state index contributed by atoms with van der Waals surface area (Å²) in [5.41, 5.74) is 3.90. The lowest BCUT2D eigenvalue weighted by Crippen LogP contribution is -2.40. The summed E-state index contributed by atoms with van der Waals surface area (Å²) < 4.78 is 8.58. The van der Waals surface area contributed by atoms with Crippen LogP contribution in [0.1, 0.15) is 29.5 Å². The van der Waals surface area contributed by atoms with E-state index in [1.165, 1.54) is 15.9 Å². The molecule has 0 aliphatic rings. The number of ether oxygens (including phenoxy) is 1. The van der Waals surface area contributed by atoms with E-state index in [0.29, 0.717) is 34.6 Å². The Morgan fingerprint density at radius 1 is 1.03 bits per heavy atom. The number of hydrogen-bond donors (Lipinski definition) is 1. The molecule has 1 amide bonds. The monoisotopic (exact) mass is 477 g/mol. The second-order valence-corrected chi connectivity index (χ2v) is 9.19. The number of amides is 1. The number of nitrogens with zero attached hydrogens (tertiary/aromatic N) is 2. The predicted molar refractivity (Wildman–Crippen MR) is 136 cm³/mol. The van der Waals surface area contributed by atoms with Crippen LogP contribution in [-0.4, -0.2) is 22.2 Å². The van der Waals surface area contributed by atoms with Crippen molar-refractivity contribution in [3.8, 4) is 5.75 Å². The highest BCUT2D eigenvalue weighted by molar-refractivity contribution is 7.17. The molecule has 7 nitrogen and oxygen atoms in total. The van der Waals surface area contributed by atoms with Gasteiger partial charge in [0.25, 0.3) is 5.56 Å². The van der Waals surface area contributed by atoms with Gasteiger partial charge in [-0.15, -0.1) is 11.3 Å². The van der Waals surface area contributed by atoms with Crippen molar-refractivity contribution in [2.75, 3.05) is 12.4 Å². The van der Waals surface area contributed by atoms with Crippen molar-refractivity contribution in [3.63, 3.8) is 0 Å². The van der Waals surface area contributed by atoms with Crippen LogP contribution in [0.2, 0.25) is 0 Å². The van der Waals surface area contributed by atoms with Crippen molar-refractivity contribution in [3.05, 3.63) is 91.4 Å². The summed E-state index contributed by atoms with van der Waals surface area (Å²) in [5.74, 6) is 0.532. The van der Waals surface area contributed by atoms with Gasteiger partial charge in [-0.1, -0.05) is 23.8 Å². The number of aryl methyl sites for hydroxylation is 2. The van der Waals surface area contributed by atoms with Crippen molar-refractivity contribution < 1.29 is 9.53 Å². The van der Waals surface area contributed by atoms with Crippen LogP contribution in [0, 0.1) is 13.8 Å². The van der Waals surface area contributed by atoms with Gasteiger partial charge in [0.2, 0.25) is 5.91 Å². The fourth-order valence-electron chi connectivity index (χ4n) is 3.92. The molecule has 34 heavy (non-hydrogen) atoms. The quantitative estimate of drug-likeness (QED) is 0.410. The lowest BCUT2D eigenvalue weighted by atomic mass is 10.1. The van der Waals surface area contributed by atoms with Gasteiger partial charge in [0, 0.05) is 18.7 Å². The molecule has 0 saturated carbocycles. The summed E-state index contributed by atoms with van der Waals surface area (Å²) in [6, 6.07) is 15.0. The van der Waals surface area contributed by atoms with E-state index >= 15 is 0 Å². The minimum Gasteiger partial charge on any atom is -0.497 e. The number of thiophene rings is 1. The summed E-state index contributed by atoms with van der Waals surface area (Å²) in [5, 5.41) is 4.66. The van der Waals surface area contributed by atoms with Crippen LogP contribution < -0.4 is 21.3 Å². The fourth-order valence-corrected chi connectivity index (χ4v) is 4.76. The predicted octanol–water partition coefficient (Wildman–Crippen LogP) is 4.32. The molecule has 8 heteroatoms. The van der Waals surface area contributed by atoms with Gasteiger partial charge < -0.3 is 10.1 Å². The number of aromatic nitrogens is 2. The third kappa shape index (κ3) is 4.97. The average Bonchev–Trinajstić information content (AvgIpc) is 3.31. The summed E-state index contributed by atoms with van der Waals surface area (Å²) >= 11 is 1.33. The SMILES string of the molecule is COc1ccc(NC(=O)CCCn2c(=O)c3sccc3n(Cc3cc(C)ccc3C)c2=O)cc1. The Kier molecular flexibility index (Phi) is 6.98. The van der Waals surface area contributed by atoms with E-state index in [4.69, 9.17) is 4.74 Å². The van der Waals surface area contributed by atoms with Crippen LogP contribution in [0.4, 0.5) is 5.69 Å². The van der Waals surface area contributed by atoms with Gasteiger partial charge in [0.15, 0.2) is 0 Å². The van der Waals surface area contributed by atoms with Gasteiger partial charge in [-0.3, -0.25) is 18.7 Å². The molecule has 4 rings (SSSR count). The van der Waals surface area contributed by atoms with Gasteiger partial charge in [0.05, 0.1) is 19.2 Å². The van der Waals surface area contributed by atoms with Gasteiger partial charge in [0.1, 0.15) is 10.4 Å². The Labute approximate surface area is 201 Å². The molecule has 0 spiro atoms. The topological polar surface area (TPSA) is 82.3 Å². The van der Waals surface area contributed by atoms with Crippen molar-refractivity contribution in [1.82, 2.24) is 9.13 Å². The molecule has 0 fully saturated rings. The molecule has 0 aliphatic carbocycles. The zero-order chi connectivity index (χ0) is 24.2. The normalized spacial score (nSPS) is 11.0. The zero-order valence-corrected chi connectivity index (χ0v) is 20.3. The van der Waals surface area contributed by atoms with E-state index in [1.807, 2.05) is 37.4 Å². The highest BCUT2D eigenvalue weighted by atomic mass is 32.1. The smallest absolute Gasteiger partial charge is 0.331 e. The first-order valence-corrected chi connectivity index (χ1v) is 12.0. The largest absolute Gasteiger partial charge is 0.497 e. The maximum Gasteiger partial charge on any atom is 0.331 e. The molecule has 2 aromatic carbocycles. The molecule has 176 valence electrons. The van der Waals surface area contributed by atoms with E-state index in [1.54, 1.807) is 35.9 Å². The number of benzene rings is 2. The minimum absolute atomic E-state index is 0.175. The molecule has 4 aromatic rings. The number of carbonyl (C=O) groups excluding carboxylic acids is 1. The molecule has 0 atom stereocenters. The Bertz CT molecular complexity index is 1450. The molecule has 2 aromatic heterocycles. The number of nitrogens with one attached hydrogen (secondary N) is 1. The Morgan fingerprint density at radius 2 is 1.79 bits per heavy atom. The standard InChI is InChI=1S/C26H27N3O4S/c1-17-6-7-18(2)19(15-17)16-29-22-12-14-34-24(22)25(31)28(26(29)32)13-4-5-23(30)27-20-8-10-21(33-3)11-9-20/h6-12,14-15H,4-5,13,16H2,1-3H3,(H,27,30). The third-order valence-corrected chi connectivity index (χ3v) is 6.72. The summed E-state index contributed by atoms with van der Waals surface area (Å²) in [4.78, 5) is 38.7. The van der Waals surface area contributed by atoms with E-state index in [-0.39, 0.29) is 30.1 Å². The van der Waals surface area contributed by atoms with Crippen molar-refractivity contribution in [2.24, 2.45) is 0 Å². The molecular formula is C26H27N3O4S. The maximum absolute atomic E-state index is 13.3. The number of fused-ring (bicyclic) bond motifs is 1. The van der Waals surface area contributed by atoms with Crippen LogP contribution in [-0.2, 0) is 17.9 Å². The van der Waals surface area contributed by atoms with E-state index in [2.05, 4.69) is 11.4 Å². The molecule has 0 saturated heterocycles. The van der Waals surface area contributed by atoms with Gasteiger partial charge in [-0.2, -0.15) is 0 Å². The first-order chi connectivity index (χ1) is 16.4. The number of methoxy groups -OCH3 is 1. The van der Waals surface area contributed by atoms with Crippen molar-refractivity contribution >= 4 is 33.1 Å². The summed E-state index contributed by atoms with van der Waals surface area (Å²) in [7, 11) is 1.58. The van der Waals surface area contributed by atoms with Crippen LogP contribution in [0.3, 0.4) is 0 Å². The highest BCUT2D eigenvalue weighted by Crippen LogP contribution is 2.19. The minimum atomic E-state index is -0.354. The number of carbonyl (C=O) groups is 1. The second kappa shape index (κ2) is 10.1. The second-order valence-electron chi connectivity index (χ2n) is 8.27. The summed E-state index contributed by atoms with van der Waals surface area (Å²) in [6.45, 7) is 4.60. The van der Waals surface area contributed by atoms with Crippen molar-refractivity contribution in [2.45, 2.75) is 39.8 Å². The van der Waals surface area contributed by atoms with Crippen molar-refractivity contribution in [1.29, 1.82) is 0 Å². The maximum atomic E-state index is 13.3. The number of hydrogen-bond acceptors (Lipinski definition) is 5. The average molecular weight is 478 g/mol. The molecular weight excluding hydrogens is 450 g/mol. The first kappa shape index (κ1) is 23.5. The Balaban J connectivity index is 1.53. The lowest BCUT2D eigenvalue weighted by molar-refractivity contribution is -0.116. The lowest BCUT2D eigenvalue weighted by Gasteiger charge is -2.14. The van der Waals surface area contributed by atoms with E-state index in [0.717, 1.165) is 16.7 Å². The molecule has 0 aliphatic heterocycles. The Morgan fingerprint density at radius 3 is 2.53 bits per heavy atom. The van der Waals surface area contributed by atoms with Crippen LogP contribution >= 0.6 is 11.3 Å². The molecule has 1 N–H and O–H groups in total. The molecule has 0 unspecified atom stereocenters. The molecule has 0 radical (unpaired) electrons. The van der Waals surface area contributed by atoms with E-state index < -0.39 is 0 Å². The number of anilines is 1. The highest BCUT2D eigenvalue weighted by Gasteiger charge is 2.15. The van der Waals surface area contributed by atoms with Gasteiger partial charge in [-0.25, -0.2) is 4.79 Å². The molecule has 2 heterocycles. The Hall–Kier alpha value is -3.65. The van der Waals surface area contributed by atoms with Gasteiger partial charge in [-0.05, 0) is 67.1 Å². The van der Waals surface area contributed by atoms with Crippen LogP contribution in [0.25, 0.3) is 10.2 Å². The molecule has 0 bridgehead atoms. The summed E-state index contributed by atoms with van der Waals surface area (Å²) in [6.07, 6.45) is 0.564. The fraction of sp³-hybridized carbons (Fsp3) is 0.269. The van der Waals surface area contributed by atoms with Crippen LogP contribution in [0.15, 0.2) is 63.5 Å². The number of rotatable bonds is 8. The zero-order valence-electron chi connectivity index (χ0n) is 19.5. The van der Waals surface area contributed by atoms with E-state index in [9.17, 15) is 14.4 Å². The van der Waals surface area contributed by atoms with Gasteiger partial charge >= 0.3 is 5.69 Å². The third-order valence-electron chi connectivity index (χ3n) is 5.83. The van der Waals surface area contributed by atoms with Crippen LogP contribution in [0.5, 0.6) is 5.75 Å². The first-order valence-electron chi connectivity index (χ1n) is 11.1.